The molecule has 1 rings (SSSR count). The molecule has 1 heterocycles. The third-order valence-corrected chi connectivity index (χ3v) is 1.40. The zero-order chi connectivity index (χ0) is 9.14. The van der Waals surface area contributed by atoms with Crippen molar-refractivity contribution in [2.24, 2.45) is 0 Å². The van der Waals surface area contributed by atoms with Gasteiger partial charge >= 0.3 is 5.76 Å². The predicted molar refractivity (Wildman–Crippen MR) is 48.7 cm³/mol. The molecule has 0 bridgehead atoms. The van der Waals surface area contributed by atoms with Crippen LogP contribution in [-0.4, -0.2) is 4.98 Å². The van der Waals surface area contributed by atoms with Crippen molar-refractivity contribution < 1.29 is 4.42 Å². The second kappa shape index (κ2) is 3.26. The van der Waals surface area contributed by atoms with Gasteiger partial charge in [-0.25, -0.2) is 4.79 Å². The molecule has 0 atom stereocenters. The van der Waals surface area contributed by atoms with E-state index in [1.54, 1.807) is 13.0 Å². The molecule has 0 radical (unpaired) electrons. The molecule has 0 saturated heterocycles. The molecule has 0 fully saturated rings. The molecule has 12 heavy (non-hydrogen) atoms. The number of aromatic amines is 1. The summed E-state index contributed by atoms with van der Waals surface area (Å²) in [5, 5.41) is 0. The molecule has 0 unspecified atom stereocenters. The first-order valence-corrected chi connectivity index (χ1v) is 3.67. The van der Waals surface area contributed by atoms with Gasteiger partial charge < -0.3 is 4.42 Å². The lowest BCUT2D eigenvalue weighted by atomic mass is 10.2. The maximum Gasteiger partial charge on any atom is 0.417 e. The van der Waals surface area contributed by atoms with Crippen LogP contribution >= 0.6 is 0 Å². The average Bonchev–Trinajstić information content (AvgIpc) is 2.32. The van der Waals surface area contributed by atoms with Gasteiger partial charge in [-0.15, -0.1) is 0 Å². The van der Waals surface area contributed by atoms with Gasteiger partial charge in [0.1, 0.15) is 0 Å². The molecule has 0 aliphatic carbocycles. The number of oxazole rings is 1. The lowest BCUT2D eigenvalue weighted by Crippen LogP contribution is -1.94. The van der Waals surface area contributed by atoms with Crippen molar-refractivity contribution >= 4 is 11.6 Å². The summed E-state index contributed by atoms with van der Waals surface area (Å²) in [6.07, 6.45) is 3.60. The van der Waals surface area contributed by atoms with Crippen LogP contribution in [0, 0.1) is 0 Å². The molecule has 0 aliphatic heterocycles. The molecular weight excluding hydrogens is 154 g/mol. The van der Waals surface area contributed by atoms with Crippen LogP contribution in [0.1, 0.15) is 25.3 Å². The number of hydrogen-bond donors (Lipinski definition) is 1. The molecule has 3 nitrogen and oxygen atoms in total. The van der Waals surface area contributed by atoms with Crippen LogP contribution in [0.25, 0.3) is 11.6 Å². The SMILES string of the molecule is C=C(C)c1oc(=O)[nH]c1/C=C\C. The Morgan fingerprint density at radius 3 is 2.83 bits per heavy atom. The fraction of sp³-hybridized carbons (Fsp3) is 0.222. The topological polar surface area (TPSA) is 46.0 Å². The predicted octanol–water partition coefficient (Wildman–Crippen LogP) is 2.03. The molecule has 0 aromatic carbocycles. The average molecular weight is 165 g/mol. The van der Waals surface area contributed by atoms with E-state index in [1.807, 2.05) is 13.0 Å². The van der Waals surface area contributed by atoms with E-state index in [1.165, 1.54) is 0 Å². The Kier molecular flexibility index (Phi) is 2.33. The summed E-state index contributed by atoms with van der Waals surface area (Å²) in [7, 11) is 0. The lowest BCUT2D eigenvalue weighted by molar-refractivity contribution is 0.503. The fourth-order valence-corrected chi connectivity index (χ4v) is 0.941. The maximum absolute atomic E-state index is 10.8. The summed E-state index contributed by atoms with van der Waals surface area (Å²) < 4.78 is 4.87. The quantitative estimate of drug-likeness (QED) is 0.728. The van der Waals surface area contributed by atoms with Gasteiger partial charge in [0, 0.05) is 0 Å². The summed E-state index contributed by atoms with van der Waals surface area (Å²) in [4.78, 5) is 13.4. The minimum absolute atomic E-state index is 0.443. The third kappa shape index (κ3) is 1.56. The zero-order valence-corrected chi connectivity index (χ0v) is 7.18. The van der Waals surface area contributed by atoms with Crippen molar-refractivity contribution in [2.75, 3.05) is 0 Å². The van der Waals surface area contributed by atoms with Gasteiger partial charge in [-0.05, 0) is 25.5 Å². The third-order valence-electron chi connectivity index (χ3n) is 1.40. The van der Waals surface area contributed by atoms with E-state index in [9.17, 15) is 4.79 Å². The van der Waals surface area contributed by atoms with E-state index < -0.39 is 5.76 Å². The summed E-state index contributed by atoms with van der Waals surface area (Å²) in [6, 6.07) is 0. The monoisotopic (exact) mass is 165 g/mol. The molecule has 1 aromatic heterocycles. The molecule has 1 N–H and O–H groups in total. The van der Waals surface area contributed by atoms with Gasteiger partial charge in [0.05, 0.1) is 5.69 Å². The Bertz CT molecular complexity index is 368. The van der Waals surface area contributed by atoms with Crippen molar-refractivity contribution in [2.45, 2.75) is 13.8 Å². The minimum Gasteiger partial charge on any atom is -0.408 e. The Morgan fingerprint density at radius 2 is 2.33 bits per heavy atom. The molecule has 0 amide bonds. The Balaban J connectivity index is 3.26. The lowest BCUT2D eigenvalue weighted by Gasteiger charge is -1.92. The molecule has 3 heteroatoms. The van der Waals surface area contributed by atoms with Crippen LogP contribution in [0.5, 0.6) is 0 Å². The van der Waals surface area contributed by atoms with E-state index in [-0.39, 0.29) is 0 Å². The van der Waals surface area contributed by atoms with Gasteiger partial charge in [-0.1, -0.05) is 12.7 Å². The first-order valence-electron chi connectivity index (χ1n) is 3.67. The molecule has 0 saturated carbocycles. The van der Waals surface area contributed by atoms with E-state index >= 15 is 0 Å². The first-order chi connectivity index (χ1) is 5.65. The van der Waals surface area contributed by atoms with Gasteiger partial charge in [0.2, 0.25) is 0 Å². The van der Waals surface area contributed by atoms with Crippen LogP contribution < -0.4 is 5.76 Å². The number of H-pyrrole nitrogens is 1. The Hall–Kier alpha value is -1.51. The zero-order valence-electron chi connectivity index (χ0n) is 7.18. The summed E-state index contributed by atoms with van der Waals surface area (Å²) in [5.41, 5.74) is 1.41. The highest BCUT2D eigenvalue weighted by Crippen LogP contribution is 2.14. The Morgan fingerprint density at radius 1 is 1.67 bits per heavy atom. The number of allylic oxidation sites excluding steroid dienone is 2. The molecule has 0 aliphatic rings. The highest BCUT2D eigenvalue weighted by molar-refractivity contribution is 5.65. The summed E-state index contributed by atoms with van der Waals surface area (Å²) >= 11 is 0. The molecular formula is C9H11NO2. The van der Waals surface area contributed by atoms with Gasteiger partial charge in [0.15, 0.2) is 5.76 Å². The Labute approximate surface area is 70.4 Å². The highest BCUT2D eigenvalue weighted by atomic mass is 16.4. The number of aromatic nitrogens is 1. The van der Waals surface area contributed by atoms with Crippen LogP contribution in [0.4, 0.5) is 0 Å². The smallest absolute Gasteiger partial charge is 0.408 e. The van der Waals surface area contributed by atoms with Crippen molar-refractivity contribution in [1.29, 1.82) is 0 Å². The summed E-state index contributed by atoms with van der Waals surface area (Å²) in [6.45, 7) is 7.35. The first kappa shape index (κ1) is 8.59. The highest BCUT2D eigenvalue weighted by Gasteiger charge is 2.06. The standard InChI is InChI=1S/C9H11NO2/c1-4-5-7-8(6(2)3)12-9(11)10-7/h4-5H,2H2,1,3H3,(H,10,11)/b5-4-. The second-order valence-electron chi connectivity index (χ2n) is 2.54. The minimum atomic E-state index is -0.443. The maximum atomic E-state index is 10.8. The van der Waals surface area contributed by atoms with Gasteiger partial charge in [-0.2, -0.15) is 0 Å². The summed E-state index contributed by atoms with van der Waals surface area (Å²) in [5.74, 6) is 0.0826. The van der Waals surface area contributed by atoms with Gasteiger partial charge in [0.25, 0.3) is 0 Å². The fourth-order valence-electron chi connectivity index (χ4n) is 0.941. The van der Waals surface area contributed by atoms with Crippen LogP contribution in [0.3, 0.4) is 0 Å². The number of nitrogens with one attached hydrogen (secondary N) is 1. The van der Waals surface area contributed by atoms with Crippen LogP contribution in [-0.2, 0) is 0 Å². The second-order valence-corrected chi connectivity index (χ2v) is 2.54. The molecule has 0 spiro atoms. The van der Waals surface area contributed by atoms with E-state index in [2.05, 4.69) is 11.6 Å². The van der Waals surface area contributed by atoms with Crippen LogP contribution in [0.2, 0.25) is 0 Å². The van der Waals surface area contributed by atoms with E-state index in [0.717, 1.165) is 5.57 Å². The van der Waals surface area contributed by atoms with Crippen molar-refractivity contribution in [3.8, 4) is 0 Å². The van der Waals surface area contributed by atoms with Crippen LogP contribution in [0.15, 0.2) is 21.9 Å². The van der Waals surface area contributed by atoms with Crippen molar-refractivity contribution in [3.05, 3.63) is 34.7 Å². The van der Waals surface area contributed by atoms with Crippen molar-refractivity contribution in [1.82, 2.24) is 4.98 Å². The molecule has 64 valence electrons. The normalized spacial score (nSPS) is 10.8. The number of rotatable bonds is 2. The van der Waals surface area contributed by atoms with Gasteiger partial charge in [-0.3, -0.25) is 4.98 Å². The van der Waals surface area contributed by atoms with E-state index in [4.69, 9.17) is 4.42 Å². The van der Waals surface area contributed by atoms with Crippen molar-refractivity contribution in [3.63, 3.8) is 0 Å². The van der Waals surface area contributed by atoms with E-state index in [0.29, 0.717) is 11.5 Å². The molecule has 1 aromatic rings. The largest absolute Gasteiger partial charge is 0.417 e. The number of hydrogen-bond acceptors (Lipinski definition) is 2.